The van der Waals surface area contributed by atoms with E-state index in [1.54, 1.807) is 36.4 Å². The summed E-state index contributed by atoms with van der Waals surface area (Å²) in [5, 5.41) is 13.2. The fourth-order valence-corrected chi connectivity index (χ4v) is 3.73. The van der Waals surface area contributed by atoms with Crippen LogP contribution < -0.4 is 11.2 Å². The number of nitrogen functional groups attached to an aromatic ring is 1. The number of aromatic nitrogens is 3. The summed E-state index contributed by atoms with van der Waals surface area (Å²) in [6.45, 7) is 0.464. The van der Waals surface area contributed by atoms with Crippen molar-refractivity contribution in [3.05, 3.63) is 63.1 Å². The van der Waals surface area contributed by atoms with Crippen LogP contribution in [0.3, 0.4) is 0 Å². The number of amides is 1. The molecule has 0 fully saturated rings. The van der Waals surface area contributed by atoms with Crippen LogP contribution >= 0.6 is 46.6 Å². The highest BCUT2D eigenvalue weighted by atomic mass is 35.5. The van der Waals surface area contributed by atoms with E-state index in [-0.39, 0.29) is 11.7 Å². The molecule has 0 radical (unpaired) electrons. The SMILES string of the molecule is Nn1c(SCC(=O)NCCc2ccc(Cl)cc2Cl)nnc1-c1ccc(Cl)cc1. The van der Waals surface area contributed by atoms with Crippen LogP contribution in [-0.2, 0) is 11.2 Å². The minimum absolute atomic E-state index is 0.133. The molecule has 10 heteroatoms. The van der Waals surface area contributed by atoms with Crippen molar-refractivity contribution in [3.63, 3.8) is 0 Å². The Kier molecular flexibility index (Phi) is 7.07. The molecule has 0 aliphatic carbocycles. The first-order valence-corrected chi connectivity index (χ1v) is 10.4. The summed E-state index contributed by atoms with van der Waals surface area (Å²) in [5.74, 6) is 6.58. The van der Waals surface area contributed by atoms with Gasteiger partial charge in [-0.1, -0.05) is 52.6 Å². The first-order valence-electron chi connectivity index (χ1n) is 8.24. The number of benzene rings is 2. The van der Waals surface area contributed by atoms with Gasteiger partial charge in [0.25, 0.3) is 0 Å². The number of rotatable bonds is 7. The average Bonchev–Trinajstić information content (AvgIpc) is 3.03. The average molecular weight is 457 g/mol. The predicted octanol–water partition coefficient (Wildman–Crippen LogP) is 4.07. The number of hydrogen-bond acceptors (Lipinski definition) is 5. The van der Waals surface area contributed by atoms with Crippen LogP contribution in [0.1, 0.15) is 5.56 Å². The molecule has 28 heavy (non-hydrogen) atoms. The minimum Gasteiger partial charge on any atom is -0.355 e. The number of halogens is 3. The molecule has 0 atom stereocenters. The molecule has 2 aromatic carbocycles. The Hall–Kier alpha value is -1.93. The normalized spacial score (nSPS) is 10.8. The van der Waals surface area contributed by atoms with Gasteiger partial charge in [-0.2, -0.15) is 0 Å². The van der Waals surface area contributed by atoms with Gasteiger partial charge < -0.3 is 11.2 Å². The van der Waals surface area contributed by atoms with Gasteiger partial charge in [0.05, 0.1) is 5.75 Å². The number of nitrogens with zero attached hydrogens (tertiary/aromatic N) is 3. The molecule has 0 spiro atoms. The molecular formula is C18H16Cl3N5OS. The molecule has 6 nitrogen and oxygen atoms in total. The van der Waals surface area contributed by atoms with Gasteiger partial charge in [0.15, 0.2) is 5.82 Å². The molecule has 3 aromatic rings. The molecule has 0 bridgehead atoms. The largest absolute Gasteiger partial charge is 0.355 e. The van der Waals surface area contributed by atoms with E-state index in [4.69, 9.17) is 40.6 Å². The van der Waals surface area contributed by atoms with Crippen molar-refractivity contribution in [2.45, 2.75) is 11.6 Å². The van der Waals surface area contributed by atoms with Crippen molar-refractivity contribution >= 4 is 52.5 Å². The maximum atomic E-state index is 12.1. The lowest BCUT2D eigenvalue weighted by atomic mass is 10.1. The molecule has 0 aliphatic heterocycles. The first-order chi connectivity index (χ1) is 13.4. The maximum Gasteiger partial charge on any atom is 0.230 e. The van der Waals surface area contributed by atoms with Crippen molar-refractivity contribution in [3.8, 4) is 11.4 Å². The second kappa shape index (κ2) is 9.52. The summed E-state index contributed by atoms with van der Waals surface area (Å²) in [4.78, 5) is 12.1. The van der Waals surface area contributed by atoms with Crippen LogP contribution in [0.5, 0.6) is 0 Å². The summed E-state index contributed by atoms with van der Waals surface area (Å²) in [7, 11) is 0. The first kappa shape index (κ1) is 20.8. The van der Waals surface area contributed by atoms with Crippen molar-refractivity contribution in [2.75, 3.05) is 18.1 Å². The lowest BCUT2D eigenvalue weighted by Gasteiger charge is -2.07. The Morgan fingerprint density at radius 1 is 1.07 bits per heavy atom. The fourth-order valence-electron chi connectivity index (χ4n) is 2.41. The van der Waals surface area contributed by atoms with E-state index in [0.717, 1.165) is 11.1 Å². The monoisotopic (exact) mass is 455 g/mol. The predicted molar refractivity (Wildman–Crippen MR) is 115 cm³/mol. The van der Waals surface area contributed by atoms with Crippen molar-refractivity contribution in [1.29, 1.82) is 0 Å². The number of thioether (sulfide) groups is 1. The highest BCUT2D eigenvalue weighted by Crippen LogP contribution is 2.23. The van der Waals surface area contributed by atoms with Gasteiger partial charge in [0.1, 0.15) is 0 Å². The van der Waals surface area contributed by atoms with Crippen LogP contribution in [0.15, 0.2) is 47.6 Å². The van der Waals surface area contributed by atoms with Crippen LogP contribution in [0.4, 0.5) is 0 Å². The van der Waals surface area contributed by atoms with E-state index in [1.807, 2.05) is 6.07 Å². The summed E-state index contributed by atoms with van der Waals surface area (Å²) < 4.78 is 1.36. The second-order valence-electron chi connectivity index (χ2n) is 5.81. The van der Waals surface area contributed by atoms with Crippen molar-refractivity contribution < 1.29 is 4.79 Å². The Labute approximate surface area is 181 Å². The van der Waals surface area contributed by atoms with Crippen LogP contribution in [0.25, 0.3) is 11.4 Å². The molecule has 1 amide bonds. The third-order valence-electron chi connectivity index (χ3n) is 3.83. The Morgan fingerprint density at radius 3 is 2.50 bits per heavy atom. The zero-order chi connectivity index (χ0) is 20.1. The van der Waals surface area contributed by atoms with E-state index in [9.17, 15) is 4.79 Å². The molecule has 0 unspecified atom stereocenters. The van der Waals surface area contributed by atoms with Gasteiger partial charge in [-0.25, -0.2) is 4.68 Å². The van der Waals surface area contributed by atoms with E-state index in [2.05, 4.69) is 15.5 Å². The standard InChI is InChI=1S/C18H16Cl3N5OS/c19-13-4-2-12(3-5-13)17-24-25-18(26(17)22)28-10-16(27)23-8-7-11-1-6-14(20)9-15(11)21/h1-6,9H,7-8,10,22H2,(H,23,27). The Balaban J connectivity index is 1.50. The van der Waals surface area contributed by atoms with E-state index >= 15 is 0 Å². The summed E-state index contributed by atoms with van der Waals surface area (Å²) in [5.41, 5.74) is 1.71. The third-order valence-corrected chi connectivity index (χ3v) is 5.61. The fraction of sp³-hybridized carbons (Fsp3) is 0.167. The molecule has 0 saturated carbocycles. The van der Waals surface area contributed by atoms with E-state index < -0.39 is 0 Å². The molecule has 0 aliphatic rings. The summed E-state index contributed by atoms with van der Waals surface area (Å²) in [6, 6.07) is 12.4. The summed E-state index contributed by atoms with van der Waals surface area (Å²) >= 11 is 19.1. The molecule has 1 heterocycles. The van der Waals surface area contributed by atoms with Gasteiger partial charge in [-0.05, 0) is 48.4 Å². The van der Waals surface area contributed by atoms with E-state index in [0.29, 0.717) is 39.0 Å². The van der Waals surface area contributed by atoms with Crippen molar-refractivity contribution in [2.24, 2.45) is 0 Å². The zero-order valence-corrected chi connectivity index (χ0v) is 17.6. The lowest BCUT2D eigenvalue weighted by Crippen LogP contribution is -2.27. The Bertz CT molecular complexity index is 978. The topological polar surface area (TPSA) is 85.8 Å². The van der Waals surface area contributed by atoms with Crippen molar-refractivity contribution in [1.82, 2.24) is 20.2 Å². The molecule has 146 valence electrons. The van der Waals surface area contributed by atoms with E-state index in [1.165, 1.54) is 16.4 Å². The number of nitrogens with one attached hydrogen (secondary N) is 1. The zero-order valence-electron chi connectivity index (χ0n) is 14.5. The number of nitrogens with two attached hydrogens (primary N) is 1. The van der Waals surface area contributed by atoms with Crippen LogP contribution in [0, 0.1) is 0 Å². The number of carbonyl (C=O) groups excluding carboxylic acids is 1. The quantitative estimate of drug-likeness (QED) is 0.413. The maximum absolute atomic E-state index is 12.1. The second-order valence-corrected chi connectivity index (χ2v) is 8.03. The van der Waals surface area contributed by atoms with Crippen LogP contribution in [-0.4, -0.2) is 33.1 Å². The molecule has 3 N–H and O–H groups in total. The lowest BCUT2D eigenvalue weighted by molar-refractivity contribution is -0.118. The van der Waals surface area contributed by atoms with Gasteiger partial charge >= 0.3 is 0 Å². The van der Waals surface area contributed by atoms with Gasteiger partial charge in [0, 0.05) is 27.2 Å². The summed E-state index contributed by atoms with van der Waals surface area (Å²) in [6.07, 6.45) is 0.611. The van der Waals surface area contributed by atoms with Gasteiger partial charge in [-0.15, -0.1) is 10.2 Å². The highest BCUT2D eigenvalue weighted by molar-refractivity contribution is 7.99. The molecular weight excluding hydrogens is 441 g/mol. The molecule has 1 aromatic heterocycles. The minimum atomic E-state index is -0.133. The third kappa shape index (κ3) is 5.32. The van der Waals surface area contributed by atoms with Gasteiger partial charge in [-0.3, -0.25) is 4.79 Å². The van der Waals surface area contributed by atoms with Crippen LogP contribution in [0.2, 0.25) is 15.1 Å². The number of carbonyl (C=O) groups is 1. The smallest absolute Gasteiger partial charge is 0.230 e. The molecule has 3 rings (SSSR count). The highest BCUT2D eigenvalue weighted by Gasteiger charge is 2.14. The number of hydrogen-bond donors (Lipinski definition) is 2. The van der Waals surface area contributed by atoms with Gasteiger partial charge in [0.2, 0.25) is 11.1 Å². The molecule has 0 saturated heterocycles. The Morgan fingerprint density at radius 2 is 1.79 bits per heavy atom.